The van der Waals surface area contributed by atoms with Gasteiger partial charge in [-0.05, 0) is 47.0 Å². The molecule has 3 aromatic rings. The Hall–Kier alpha value is -2.82. The zero-order chi connectivity index (χ0) is 20.5. The van der Waals surface area contributed by atoms with Gasteiger partial charge in [-0.1, -0.05) is 65.7 Å². The molecular formula is C23H17Cl2NO3. The van der Waals surface area contributed by atoms with Crippen molar-refractivity contribution in [1.29, 1.82) is 0 Å². The summed E-state index contributed by atoms with van der Waals surface area (Å²) in [5.74, 6) is -2.07. The second-order valence-electron chi connectivity index (χ2n) is 6.96. The molecule has 0 aromatic heterocycles. The third-order valence-corrected chi connectivity index (χ3v) is 5.69. The van der Waals surface area contributed by atoms with Crippen molar-refractivity contribution in [2.24, 2.45) is 0 Å². The lowest BCUT2D eigenvalue weighted by atomic mass is 9.79. The van der Waals surface area contributed by atoms with Crippen LogP contribution in [0, 0.1) is 0 Å². The molecule has 1 amide bonds. The van der Waals surface area contributed by atoms with Crippen molar-refractivity contribution in [3.8, 4) is 0 Å². The van der Waals surface area contributed by atoms with Crippen LogP contribution in [-0.4, -0.2) is 21.9 Å². The number of amides is 1. The van der Waals surface area contributed by atoms with E-state index in [0.29, 0.717) is 21.2 Å². The lowest BCUT2D eigenvalue weighted by Gasteiger charge is -2.41. The minimum atomic E-state index is -0.981. The molecule has 2 atom stereocenters. The minimum absolute atomic E-state index is 0.201. The molecule has 0 radical (unpaired) electrons. The summed E-state index contributed by atoms with van der Waals surface area (Å²) in [5.41, 5.74) is 2.53. The molecule has 6 heteroatoms. The van der Waals surface area contributed by atoms with Crippen molar-refractivity contribution in [3.05, 3.63) is 105 Å². The molecule has 146 valence electrons. The van der Waals surface area contributed by atoms with E-state index in [2.05, 4.69) is 0 Å². The Morgan fingerprint density at radius 2 is 1.48 bits per heavy atom. The van der Waals surface area contributed by atoms with Crippen molar-refractivity contribution >= 4 is 35.1 Å². The van der Waals surface area contributed by atoms with E-state index >= 15 is 0 Å². The van der Waals surface area contributed by atoms with Crippen LogP contribution in [-0.2, 0) is 11.3 Å². The van der Waals surface area contributed by atoms with Crippen LogP contribution in [0.2, 0.25) is 10.0 Å². The molecule has 1 heterocycles. The summed E-state index contributed by atoms with van der Waals surface area (Å²) in [6.07, 6.45) is 0. The first kappa shape index (κ1) is 19.5. The number of nitrogens with zero attached hydrogens (tertiary/aromatic N) is 1. The topological polar surface area (TPSA) is 57.6 Å². The molecular weight excluding hydrogens is 409 g/mol. The van der Waals surface area contributed by atoms with Gasteiger partial charge in [0.25, 0.3) is 5.91 Å². The number of hydrogen-bond acceptors (Lipinski definition) is 2. The number of rotatable bonds is 4. The number of carbonyl (C=O) groups excluding carboxylic acids is 1. The van der Waals surface area contributed by atoms with E-state index in [-0.39, 0.29) is 12.5 Å². The van der Waals surface area contributed by atoms with Gasteiger partial charge in [0.1, 0.15) is 5.92 Å². The Morgan fingerprint density at radius 1 is 0.897 bits per heavy atom. The fourth-order valence-electron chi connectivity index (χ4n) is 3.85. The van der Waals surface area contributed by atoms with E-state index in [4.69, 9.17) is 23.2 Å². The Bertz CT molecular complexity index is 1060. The van der Waals surface area contributed by atoms with Gasteiger partial charge in [0, 0.05) is 22.2 Å². The monoisotopic (exact) mass is 425 g/mol. The van der Waals surface area contributed by atoms with E-state index in [1.807, 2.05) is 12.1 Å². The highest BCUT2D eigenvalue weighted by molar-refractivity contribution is 6.30. The third-order valence-electron chi connectivity index (χ3n) is 5.18. The molecule has 4 nitrogen and oxygen atoms in total. The molecule has 1 aliphatic rings. The van der Waals surface area contributed by atoms with E-state index < -0.39 is 17.9 Å². The predicted molar refractivity (Wildman–Crippen MR) is 112 cm³/mol. The molecule has 1 aliphatic heterocycles. The smallest absolute Gasteiger partial charge is 0.313 e. The largest absolute Gasteiger partial charge is 0.481 e. The van der Waals surface area contributed by atoms with Gasteiger partial charge >= 0.3 is 5.97 Å². The van der Waals surface area contributed by atoms with Crippen molar-refractivity contribution < 1.29 is 14.7 Å². The lowest BCUT2D eigenvalue weighted by molar-refractivity contribution is -0.140. The van der Waals surface area contributed by atoms with E-state index in [9.17, 15) is 14.7 Å². The Morgan fingerprint density at radius 3 is 2.10 bits per heavy atom. The second kappa shape index (κ2) is 7.90. The van der Waals surface area contributed by atoms with Crippen molar-refractivity contribution in [2.45, 2.75) is 18.5 Å². The molecule has 0 fully saturated rings. The van der Waals surface area contributed by atoms with Crippen LogP contribution in [0.5, 0.6) is 0 Å². The van der Waals surface area contributed by atoms with Crippen LogP contribution < -0.4 is 0 Å². The fourth-order valence-corrected chi connectivity index (χ4v) is 4.10. The Labute approximate surface area is 178 Å². The molecule has 3 aromatic carbocycles. The number of halogens is 2. The molecule has 0 unspecified atom stereocenters. The van der Waals surface area contributed by atoms with Crippen molar-refractivity contribution in [1.82, 2.24) is 4.90 Å². The van der Waals surface area contributed by atoms with Gasteiger partial charge in [-0.15, -0.1) is 0 Å². The molecule has 29 heavy (non-hydrogen) atoms. The van der Waals surface area contributed by atoms with Gasteiger partial charge in [-0.3, -0.25) is 9.59 Å². The van der Waals surface area contributed by atoms with Crippen LogP contribution in [0.1, 0.15) is 39.0 Å². The summed E-state index contributed by atoms with van der Waals surface area (Å²) in [6.45, 7) is 0.265. The lowest BCUT2D eigenvalue weighted by Crippen LogP contribution is -2.44. The number of carboxylic acid groups (broad SMARTS) is 1. The number of benzene rings is 3. The highest BCUT2D eigenvalue weighted by atomic mass is 35.5. The molecule has 0 saturated heterocycles. The Balaban J connectivity index is 1.87. The molecule has 0 saturated carbocycles. The van der Waals surface area contributed by atoms with Crippen molar-refractivity contribution in [2.75, 3.05) is 0 Å². The summed E-state index contributed by atoms with van der Waals surface area (Å²) >= 11 is 12.0. The second-order valence-corrected chi connectivity index (χ2v) is 7.83. The fraction of sp³-hybridized carbons (Fsp3) is 0.130. The summed E-state index contributed by atoms with van der Waals surface area (Å²) in [7, 11) is 0. The van der Waals surface area contributed by atoms with Crippen LogP contribution in [0.4, 0.5) is 0 Å². The van der Waals surface area contributed by atoms with Gasteiger partial charge < -0.3 is 10.0 Å². The van der Waals surface area contributed by atoms with E-state index in [1.165, 1.54) is 0 Å². The highest BCUT2D eigenvalue weighted by Crippen LogP contribution is 2.43. The van der Waals surface area contributed by atoms with Gasteiger partial charge in [0.2, 0.25) is 0 Å². The number of carbonyl (C=O) groups is 2. The van der Waals surface area contributed by atoms with Crippen LogP contribution >= 0.6 is 23.2 Å². The number of carboxylic acids is 1. The average molecular weight is 426 g/mol. The molecule has 0 aliphatic carbocycles. The Kier molecular flexibility index (Phi) is 5.31. The molecule has 4 rings (SSSR count). The summed E-state index contributed by atoms with van der Waals surface area (Å²) < 4.78 is 0. The average Bonchev–Trinajstić information content (AvgIpc) is 2.72. The first-order chi connectivity index (χ1) is 14.0. The van der Waals surface area contributed by atoms with Gasteiger partial charge in [-0.25, -0.2) is 0 Å². The molecule has 0 spiro atoms. The number of fused-ring (bicyclic) bond motifs is 1. The summed E-state index contributed by atoms with van der Waals surface area (Å²) in [6, 6.07) is 20.4. The van der Waals surface area contributed by atoms with Crippen LogP contribution in [0.15, 0.2) is 72.8 Å². The van der Waals surface area contributed by atoms with Crippen LogP contribution in [0.25, 0.3) is 0 Å². The van der Waals surface area contributed by atoms with E-state index in [1.54, 1.807) is 65.6 Å². The molecule has 1 N–H and O–H groups in total. The zero-order valence-corrected chi connectivity index (χ0v) is 16.8. The van der Waals surface area contributed by atoms with Crippen molar-refractivity contribution in [3.63, 3.8) is 0 Å². The van der Waals surface area contributed by atoms with Gasteiger partial charge in [-0.2, -0.15) is 0 Å². The predicted octanol–water partition coefficient (Wildman–Crippen LogP) is 5.56. The van der Waals surface area contributed by atoms with E-state index in [0.717, 1.165) is 11.1 Å². The molecule has 0 bridgehead atoms. The highest BCUT2D eigenvalue weighted by Gasteiger charge is 2.44. The first-order valence-corrected chi connectivity index (χ1v) is 9.84. The SMILES string of the molecule is O=C(O)[C@H]1c2ccccc2C(=O)N(Cc2ccc(Cl)cc2)[C@@H]1c1ccc(Cl)cc1. The first-order valence-electron chi connectivity index (χ1n) is 9.08. The van der Waals surface area contributed by atoms with Gasteiger partial charge in [0.05, 0.1) is 6.04 Å². The number of aliphatic carboxylic acids is 1. The van der Waals surface area contributed by atoms with Crippen LogP contribution in [0.3, 0.4) is 0 Å². The number of hydrogen-bond donors (Lipinski definition) is 1. The minimum Gasteiger partial charge on any atom is -0.481 e. The maximum atomic E-state index is 13.4. The van der Waals surface area contributed by atoms with Gasteiger partial charge in [0.15, 0.2) is 0 Å². The quantitative estimate of drug-likeness (QED) is 0.595. The normalized spacial score (nSPS) is 18.4. The maximum Gasteiger partial charge on any atom is 0.313 e. The summed E-state index contributed by atoms with van der Waals surface area (Å²) in [4.78, 5) is 27.3. The summed E-state index contributed by atoms with van der Waals surface area (Å²) in [5, 5.41) is 11.2. The standard InChI is InChI=1S/C23H17Cl2NO3/c24-16-9-5-14(6-10-16)13-26-21(15-7-11-17(25)12-8-15)20(23(28)29)18-3-1-2-4-19(18)22(26)27/h1-12,20-21H,13H2,(H,28,29)/t20-,21+/m0/s1. The maximum absolute atomic E-state index is 13.4. The third kappa shape index (κ3) is 3.74. The zero-order valence-electron chi connectivity index (χ0n) is 15.3.